The quantitative estimate of drug-likeness (QED) is 0.579. The van der Waals surface area contributed by atoms with E-state index in [1.165, 1.54) is 28.7 Å². The van der Waals surface area contributed by atoms with Gasteiger partial charge in [-0.3, -0.25) is 0 Å². The number of halogens is 2. The van der Waals surface area contributed by atoms with E-state index in [1.807, 2.05) is 0 Å². The molecule has 29 heavy (non-hydrogen) atoms. The van der Waals surface area contributed by atoms with E-state index in [1.54, 1.807) is 14.4 Å². The van der Waals surface area contributed by atoms with Crippen molar-refractivity contribution < 1.29 is 48.0 Å². The van der Waals surface area contributed by atoms with E-state index < -0.39 is 23.2 Å². The van der Waals surface area contributed by atoms with Crippen LogP contribution in [-0.4, -0.2) is 0 Å². The molecule has 0 heterocycles. The van der Waals surface area contributed by atoms with E-state index >= 15 is 0 Å². The molecule has 0 nitrogen and oxygen atoms in total. The molecule has 0 spiro atoms. The summed E-state index contributed by atoms with van der Waals surface area (Å²) in [6.45, 7) is 14.0. The average molecular weight is 505 g/mol. The summed E-state index contributed by atoms with van der Waals surface area (Å²) in [5, 5.41) is 0. The van der Waals surface area contributed by atoms with Gasteiger partial charge < -0.3 is 24.8 Å². The Labute approximate surface area is 200 Å². The largest absolute Gasteiger partial charge is 1.00 e. The second-order valence-corrected chi connectivity index (χ2v) is 13.7. The van der Waals surface area contributed by atoms with E-state index in [4.69, 9.17) is 0 Å². The first kappa shape index (κ1) is 24.7. The number of benzene rings is 2. The van der Waals surface area contributed by atoms with Gasteiger partial charge in [0.15, 0.2) is 0 Å². The van der Waals surface area contributed by atoms with Crippen LogP contribution in [0.25, 0.3) is 11.1 Å². The zero-order valence-corrected chi connectivity index (χ0v) is 22.2. The van der Waals surface area contributed by atoms with E-state index in [0.717, 1.165) is 0 Å². The average Bonchev–Trinajstić information content (AvgIpc) is 3.20. The Morgan fingerprint density at radius 3 is 1.62 bits per heavy atom. The number of hydrogen-bond donors (Lipinski definition) is 0. The van der Waals surface area contributed by atoms with Crippen LogP contribution in [0.4, 0.5) is 0 Å². The monoisotopic (exact) mass is 502 g/mol. The Balaban J connectivity index is 0.00000150. The molecule has 0 fully saturated rings. The van der Waals surface area contributed by atoms with Crippen LogP contribution in [0.5, 0.6) is 0 Å². The van der Waals surface area contributed by atoms with Gasteiger partial charge in [-0.25, -0.2) is 0 Å². The van der Waals surface area contributed by atoms with Crippen molar-refractivity contribution in [1.29, 1.82) is 0 Å². The van der Waals surface area contributed by atoms with Crippen molar-refractivity contribution in [2.24, 2.45) is 0 Å². The molecule has 0 amide bonds. The third-order valence-electron chi connectivity index (χ3n) is 5.85. The molecule has 152 valence electrons. The van der Waals surface area contributed by atoms with Crippen LogP contribution in [0.15, 0.2) is 57.9 Å². The molecule has 2 aliphatic carbocycles. The Morgan fingerprint density at radius 1 is 0.759 bits per heavy atom. The topological polar surface area (TPSA) is 0 Å². The van der Waals surface area contributed by atoms with E-state index in [2.05, 4.69) is 96.2 Å². The molecule has 0 radical (unpaired) electrons. The van der Waals surface area contributed by atoms with Gasteiger partial charge in [0, 0.05) is 0 Å². The zero-order valence-electron chi connectivity index (χ0n) is 18.2. The summed E-state index contributed by atoms with van der Waals surface area (Å²) >= 11 is -0.712. The van der Waals surface area contributed by atoms with Crippen LogP contribution in [0.1, 0.15) is 73.8 Å². The van der Waals surface area contributed by atoms with E-state index in [-0.39, 0.29) is 35.6 Å². The normalized spacial score (nSPS) is 15.0. The maximum atomic E-state index is 2.53. The maximum Gasteiger partial charge on any atom is -1.00 e. The predicted molar refractivity (Wildman–Crippen MR) is 113 cm³/mol. The number of rotatable bonds is 2. The van der Waals surface area contributed by atoms with E-state index in [0.29, 0.717) is 3.63 Å². The van der Waals surface area contributed by atoms with Crippen LogP contribution < -0.4 is 24.8 Å². The fourth-order valence-corrected chi connectivity index (χ4v) is 7.99. The van der Waals surface area contributed by atoms with Gasteiger partial charge in [0.2, 0.25) is 0 Å². The van der Waals surface area contributed by atoms with Gasteiger partial charge >= 0.3 is 177 Å². The summed E-state index contributed by atoms with van der Waals surface area (Å²) in [5.41, 5.74) is 9.49. The standard InChI is InChI=1S/C21H25.C5H5.2ClH.Zr/c1-20(2,3)16-7-9-18-14(12-16)11-15-13-17(21(4,5)6)8-10-19(15)18;1-2-4-5-3-1;;;/h7-13H,1-6H3;1-3H,4H2;2*1H;/q;;;;+2/p-2. The third kappa shape index (κ3) is 4.84. The number of fused-ring (bicyclic) bond motifs is 3. The van der Waals surface area contributed by atoms with Gasteiger partial charge in [-0.15, -0.1) is 0 Å². The van der Waals surface area contributed by atoms with Crippen LogP contribution in [-0.2, 0) is 34.1 Å². The van der Waals surface area contributed by atoms with Crippen LogP contribution in [0.2, 0.25) is 0 Å². The maximum absolute atomic E-state index is 2.53. The van der Waals surface area contributed by atoms with Crippen molar-refractivity contribution in [1.82, 2.24) is 0 Å². The van der Waals surface area contributed by atoms with Gasteiger partial charge in [0.25, 0.3) is 0 Å². The van der Waals surface area contributed by atoms with E-state index in [9.17, 15) is 0 Å². The second kappa shape index (κ2) is 8.86. The van der Waals surface area contributed by atoms with Crippen LogP contribution in [0, 0.1) is 0 Å². The molecule has 0 atom stereocenters. The SMILES string of the molecule is CC(C)(C)c1ccc2c(c1)[CH]([Zr+2][C]1=CC=CC1)c1cc(C(C)(C)C)ccc1-2.[Cl-].[Cl-]. The molecule has 0 saturated heterocycles. The summed E-state index contributed by atoms with van der Waals surface area (Å²) in [6, 6.07) is 14.5. The van der Waals surface area contributed by atoms with Gasteiger partial charge in [-0.05, 0) is 0 Å². The first-order valence-corrected chi connectivity index (χ1v) is 12.7. The van der Waals surface area contributed by atoms with Gasteiger partial charge in [0.05, 0.1) is 0 Å². The molecule has 0 unspecified atom stereocenters. The zero-order chi connectivity index (χ0) is 19.4. The molecule has 3 heteroatoms. The summed E-state index contributed by atoms with van der Waals surface area (Å²) in [5.74, 6) is 0. The summed E-state index contributed by atoms with van der Waals surface area (Å²) in [4.78, 5) is 0. The molecule has 2 aliphatic rings. The van der Waals surface area contributed by atoms with Crippen molar-refractivity contribution in [2.75, 3.05) is 0 Å². The third-order valence-corrected chi connectivity index (χ3v) is 9.91. The Bertz CT molecular complexity index is 892. The number of hydrogen-bond acceptors (Lipinski definition) is 0. The van der Waals surface area contributed by atoms with Crippen LogP contribution in [0.3, 0.4) is 0 Å². The molecule has 0 saturated carbocycles. The minimum absolute atomic E-state index is 0. The fourth-order valence-electron chi connectivity index (χ4n) is 4.09. The fraction of sp³-hybridized carbons (Fsp3) is 0.385. The summed E-state index contributed by atoms with van der Waals surface area (Å²) in [6.07, 6.45) is 8.16. The molecule has 4 rings (SSSR count). The minimum atomic E-state index is -0.712. The molecule has 0 N–H and O–H groups in total. The number of allylic oxidation sites excluding steroid dienone is 4. The molecule has 0 aliphatic heterocycles. The van der Waals surface area contributed by atoms with Gasteiger partial charge in [-0.1, -0.05) is 0 Å². The first-order valence-electron chi connectivity index (χ1n) is 10.1. The van der Waals surface area contributed by atoms with Crippen LogP contribution >= 0.6 is 0 Å². The Morgan fingerprint density at radius 2 is 1.24 bits per heavy atom. The van der Waals surface area contributed by atoms with Crippen molar-refractivity contribution in [3.63, 3.8) is 0 Å². The van der Waals surface area contributed by atoms with Gasteiger partial charge in [-0.2, -0.15) is 0 Å². The van der Waals surface area contributed by atoms with Crippen molar-refractivity contribution in [3.8, 4) is 11.1 Å². The molecular formula is C26H30Cl2Zr. The molecule has 2 aromatic rings. The molecule has 2 aromatic carbocycles. The first-order chi connectivity index (χ1) is 12.6. The molecular weight excluding hydrogens is 474 g/mol. The Kier molecular flexibility index (Phi) is 7.53. The van der Waals surface area contributed by atoms with Crippen molar-refractivity contribution >= 4 is 0 Å². The van der Waals surface area contributed by atoms with Crippen molar-refractivity contribution in [2.45, 2.75) is 62.4 Å². The van der Waals surface area contributed by atoms with Crippen molar-refractivity contribution in [3.05, 3.63) is 80.2 Å². The Hall–Kier alpha value is -0.617. The summed E-state index contributed by atoms with van der Waals surface area (Å²) in [7, 11) is 0. The molecule has 0 aromatic heterocycles. The smallest absolute Gasteiger partial charge is 1.00 e. The molecule has 0 bridgehead atoms. The predicted octanol–water partition coefficient (Wildman–Crippen LogP) is 1.29. The second-order valence-electron chi connectivity index (χ2n) is 10.0. The summed E-state index contributed by atoms with van der Waals surface area (Å²) < 4.78 is 2.37. The minimum Gasteiger partial charge on any atom is -1.00 e. The van der Waals surface area contributed by atoms with Gasteiger partial charge in [0.1, 0.15) is 0 Å².